The number of fused-ring (bicyclic) bond motifs is 3. The zero-order chi connectivity index (χ0) is 30.6. The van der Waals surface area contributed by atoms with E-state index in [0.29, 0.717) is 5.92 Å². The number of aromatic nitrogens is 3. The third-order valence-corrected chi connectivity index (χ3v) is 7.93. The fraction of sp³-hybridized carbons (Fsp3) is 0.146. The summed E-state index contributed by atoms with van der Waals surface area (Å²) in [6.07, 6.45) is 3.86. The van der Waals surface area contributed by atoms with Crippen LogP contribution in [0.3, 0.4) is 0 Å². The maximum Gasteiger partial charge on any atom is 0.0391 e. The predicted octanol–water partition coefficient (Wildman–Crippen LogP) is 10.5. The molecule has 227 valence electrons. The molecule has 4 aromatic carbocycles. The first-order chi connectivity index (χ1) is 21.4. The Hall–Kier alpha value is -4.50. The summed E-state index contributed by atoms with van der Waals surface area (Å²) in [5.41, 5.74) is 12.4. The van der Waals surface area contributed by atoms with Crippen molar-refractivity contribution in [3.8, 4) is 33.6 Å². The van der Waals surface area contributed by atoms with Gasteiger partial charge in [0.2, 0.25) is 0 Å². The van der Waals surface area contributed by atoms with Gasteiger partial charge in [-0.1, -0.05) is 86.0 Å². The van der Waals surface area contributed by atoms with Crippen molar-refractivity contribution < 1.29 is 20.1 Å². The van der Waals surface area contributed by atoms with E-state index >= 15 is 0 Å². The molecule has 0 fully saturated rings. The van der Waals surface area contributed by atoms with Crippen LogP contribution < -0.4 is 0 Å². The van der Waals surface area contributed by atoms with Crippen molar-refractivity contribution in [1.29, 1.82) is 0 Å². The van der Waals surface area contributed by atoms with Crippen molar-refractivity contribution >= 4 is 21.8 Å². The summed E-state index contributed by atoms with van der Waals surface area (Å²) in [5, 5.41) is 2.58. The molecule has 1 radical (unpaired) electrons. The minimum atomic E-state index is 0. The molecule has 0 aliphatic rings. The zero-order valence-electron chi connectivity index (χ0n) is 26.2. The Labute approximate surface area is 280 Å². The van der Waals surface area contributed by atoms with Gasteiger partial charge >= 0.3 is 0 Å². The fourth-order valence-corrected chi connectivity index (χ4v) is 5.72. The maximum atomic E-state index is 4.61. The van der Waals surface area contributed by atoms with Gasteiger partial charge in [0, 0.05) is 55.8 Å². The van der Waals surface area contributed by atoms with Crippen LogP contribution in [0.15, 0.2) is 122 Å². The van der Waals surface area contributed by atoms with Crippen molar-refractivity contribution in [3.63, 3.8) is 0 Å². The molecule has 0 bridgehead atoms. The summed E-state index contributed by atoms with van der Waals surface area (Å²) in [5.74, 6) is 0.599. The van der Waals surface area contributed by atoms with Crippen LogP contribution >= 0.6 is 0 Å². The minimum absolute atomic E-state index is 0. The van der Waals surface area contributed by atoms with E-state index in [1.807, 2.05) is 48.8 Å². The van der Waals surface area contributed by atoms with Crippen molar-refractivity contribution in [2.45, 2.75) is 34.2 Å². The molecule has 0 aliphatic carbocycles. The van der Waals surface area contributed by atoms with Crippen LogP contribution in [0.2, 0.25) is 0 Å². The Balaban J connectivity index is 0.000000177. The molecule has 0 spiro atoms. The molecule has 0 unspecified atom stereocenters. The van der Waals surface area contributed by atoms with Crippen molar-refractivity contribution in [2.75, 3.05) is 0 Å². The molecule has 0 N–H and O–H groups in total. The monoisotopic (exact) mass is 764 g/mol. The molecule has 3 aromatic heterocycles. The molecule has 7 rings (SSSR count). The molecular formula is C41H37IrN3-2. The summed E-state index contributed by atoms with van der Waals surface area (Å²) >= 11 is 0. The van der Waals surface area contributed by atoms with E-state index < -0.39 is 0 Å². The smallest absolute Gasteiger partial charge is 0.0391 e. The van der Waals surface area contributed by atoms with Gasteiger partial charge in [-0.05, 0) is 65.2 Å². The Morgan fingerprint density at radius 2 is 1.42 bits per heavy atom. The molecule has 0 aliphatic heterocycles. The first-order valence-corrected chi connectivity index (χ1v) is 15.2. The number of hydrogen-bond acceptors (Lipinski definition) is 2. The van der Waals surface area contributed by atoms with Gasteiger partial charge in [0.15, 0.2) is 0 Å². The zero-order valence-corrected chi connectivity index (χ0v) is 28.6. The van der Waals surface area contributed by atoms with Gasteiger partial charge < -0.3 is 9.55 Å². The van der Waals surface area contributed by atoms with Crippen LogP contribution in [-0.2, 0) is 26.7 Å². The summed E-state index contributed by atoms with van der Waals surface area (Å²) in [4.78, 5) is 9.16. The number of hydrogen-bond donors (Lipinski definition) is 0. The van der Waals surface area contributed by atoms with Crippen LogP contribution in [0.5, 0.6) is 0 Å². The molecule has 4 heteroatoms. The molecule has 7 aromatic rings. The SMILES string of the molecule is Cc1ccc(-c2[c-]cc3c(c2)c2ccccc2n3CC(C)C)nc1.[CH2-]c1ccccc1-c1cc(C)c(-c2ccccc2)cn1.[Ir]. The third-order valence-electron chi connectivity index (χ3n) is 7.93. The van der Waals surface area contributed by atoms with E-state index in [4.69, 9.17) is 0 Å². The minimum Gasteiger partial charge on any atom is -0.380 e. The molecule has 0 saturated heterocycles. The van der Waals surface area contributed by atoms with Crippen molar-refractivity contribution in [2.24, 2.45) is 5.92 Å². The molecular weight excluding hydrogens is 727 g/mol. The summed E-state index contributed by atoms with van der Waals surface area (Å²) in [7, 11) is 0. The van der Waals surface area contributed by atoms with Gasteiger partial charge in [0.25, 0.3) is 0 Å². The number of aryl methyl sites for hydroxylation is 2. The van der Waals surface area contributed by atoms with Crippen molar-refractivity contribution in [1.82, 2.24) is 14.5 Å². The Kier molecular flexibility index (Phi) is 9.98. The van der Waals surface area contributed by atoms with Gasteiger partial charge in [0.1, 0.15) is 0 Å². The number of para-hydroxylation sites is 1. The van der Waals surface area contributed by atoms with E-state index in [1.165, 1.54) is 44.1 Å². The van der Waals surface area contributed by atoms with Gasteiger partial charge in [-0.3, -0.25) is 4.98 Å². The number of pyridine rings is 2. The number of rotatable bonds is 5. The second-order valence-electron chi connectivity index (χ2n) is 11.8. The summed E-state index contributed by atoms with van der Waals surface area (Å²) < 4.78 is 2.41. The summed E-state index contributed by atoms with van der Waals surface area (Å²) in [6, 6.07) is 41.2. The quantitative estimate of drug-likeness (QED) is 0.164. The van der Waals surface area contributed by atoms with E-state index in [9.17, 15) is 0 Å². The van der Waals surface area contributed by atoms with Gasteiger partial charge in [-0.2, -0.15) is 18.6 Å². The van der Waals surface area contributed by atoms with E-state index in [2.05, 4.69) is 128 Å². The Bertz CT molecular complexity index is 2040. The Morgan fingerprint density at radius 1 is 0.711 bits per heavy atom. The molecule has 3 nitrogen and oxygen atoms in total. The molecule has 45 heavy (non-hydrogen) atoms. The third kappa shape index (κ3) is 6.93. The second-order valence-corrected chi connectivity index (χ2v) is 11.8. The van der Waals surface area contributed by atoms with E-state index in [-0.39, 0.29) is 20.1 Å². The van der Waals surface area contributed by atoms with Crippen molar-refractivity contribution in [3.05, 3.63) is 151 Å². The largest absolute Gasteiger partial charge is 0.380 e. The number of nitrogens with zero attached hydrogens (tertiary/aromatic N) is 3. The molecule has 3 heterocycles. The van der Waals surface area contributed by atoms with Gasteiger partial charge in [-0.25, -0.2) is 0 Å². The van der Waals surface area contributed by atoms with Crippen LogP contribution in [-0.4, -0.2) is 14.5 Å². The standard InChI is InChI=1S/C22H21N2.C19H16N.Ir/c1-15(2)14-24-21-7-5-4-6-18(21)19-12-17(9-11-22(19)24)20-10-8-16(3)13-23-20;1-14-8-6-7-11-17(14)19-12-15(2)18(13-20-19)16-9-4-3-5-10-16;/h4-8,10-13,15H,14H2,1-3H3;3-13H,1H2,2H3;/q2*-1;. The maximum absolute atomic E-state index is 4.61. The second kappa shape index (κ2) is 14.1. The van der Waals surface area contributed by atoms with Crippen LogP contribution in [0.4, 0.5) is 0 Å². The number of benzene rings is 4. The normalized spacial score (nSPS) is 10.9. The first kappa shape index (κ1) is 31.9. The first-order valence-electron chi connectivity index (χ1n) is 15.2. The molecule has 0 amide bonds. The fourth-order valence-electron chi connectivity index (χ4n) is 5.72. The van der Waals surface area contributed by atoms with Crippen LogP contribution in [0.1, 0.15) is 30.5 Å². The summed E-state index contributed by atoms with van der Waals surface area (Å²) in [6.45, 7) is 13.8. The average molecular weight is 764 g/mol. The van der Waals surface area contributed by atoms with Gasteiger partial charge in [-0.15, -0.1) is 41.5 Å². The predicted molar refractivity (Wildman–Crippen MR) is 185 cm³/mol. The van der Waals surface area contributed by atoms with E-state index in [0.717, 1.165) is 34.6 Å². The molecule has 0 atom stereocenters. The van der Waals surface area contributed by atoms with E-state index in [1.54, 1.807) is 0 Å². The molecule has 0 saturated carbocycles. The van der Waals surface area contributed by atoms with Crippen LogP contribution in [0, 0.1) is 32.8 Å². The topological polar surface area (TPSA) is 30.7 Å². The van der Waals surface area contributed by atoms with Gasteiger partial charge in [0.05, 0.1) is 0 Å². The Morgan fingerprint density at radius 3 is 2.13 bits per heavy atom. The van der Waals surface area contributed by atoms with Crippen LogP contribution in [0.25, 0.3) is 55.4 Å². The average Bonchev–Trinajstić information content (AvgIpc) is 3.34.